The molecular formula is C15H21N3O2. The van der Waals surface area contributed by atoms with Crippen LogP contribution in [0.15, 0.2) is 18.5 Å². The molecule has 2 atom stereocenters. The monoisotopic (exact) mass is 275 g/mol. The van der Waals surface area contributed by atoms with E-state index in [2.05, 4.69) is 10.3 Å². The Morgan fingerprint density at radius 3 is 2.65 bits per heavy atom. The number of hydrogen-bond donors (Lipinski definition) is 1. The van der Waals surface area contributed by atoms with E-state index in [1.165, 1.54) is 0 Å². The largest absolute Gasteiger partial charge is 0.342 e. The molecule has 0 aromatic carbocycles. The molecule has 0 bridgehead atoms. The Hall–Kier alpha value is -1.91. The number of carbonyl (C=O) groups excluding carboxylic acids is 2. The van der Waals surface area contributed by atoms with Crippen molar-refractivity contribution in [2.75, 3.05) is 4.90 Å². The normalized spacial score (nSPS) is 23.1. The van der Waals surface area contributed by atoms with Crippen LogP contribution in [-0.4, -0.2) is 28.9 Å². The number of amides is 2. The van der Waals surface area contributed by atoms with Crippen LogP contribution in [0.4, 0.5) is 5.69 Å². The van der Waals surface area contributed by atoms with Gasteiger partial charge in [0.25, 0.3) is 0 Å². The van der Waals surface area contributed by atoms with Crippen LogP contribution in [0, 0.1) is 12.8 Å². The maximum absolute atomic E-state index is 12.7. The van der Waals surface area contributed by atoms with Crippen molar-refractivity contribution in [3.05, 3.63) is 24.0 Å². The smallest absolute Gasteiger partial charge is 0.250 e. The van der Waals surface area contributed by atoms with E-state index in [1.807, 2.05) is 33.8 Å². The van der Waals surface area contributed by atoms with Gasteiger partial charge >= 0.3 is 0 Å². The first kappa shape index (κ1) is 14.5. The van der Waals surface area contributed by atoms with Crippen molar-refractivity contribution >= 4 is 17.5 Å². The Morgan fingerprint density at radius 1 is 1.40 bits per heavy atom. The lowest BCUT2D eigenvalue weighted by Crippen LogP contribution is -2.65. The standard InChI is InChI=1S/C15H21N3O2/c1-5-11-15(20)18(12-8-16-7-6-10(12)4)13(9(2)3)14(19)17-11/h6-9,11,13H,5H2,1-4H3,(H,17,19). The van der Waals surface area contributed by atoms with E-state index in [0.717, 1.165) is 11.3 Å². The lowest BCUT2D eigenvalue weighted by molar-refractivity contribution is -0.134. The third-order valence-corrected chi connectivity index (χ3v) is 3.71. The summed E-state index contributed by atoms with van der Waals surface area (Å²) in [5.41, 5.74) is 1.67. The summed E-state index contributed by atoms with van der Waals surface area (Å²) < 4.78 is 0. The zero-order chi connectivity index (χ0) is 14.9. The minimum atomic E-state index is -0.479. The molecule has 2 unspecified atom stereocenters. The molecule has 2 amide bonds. The van der Waals surface area contributed by atoms with Crippen molar-refractivity contribution in [2.24, 2.45) is 5.92 Å². The van der Waals surface area contributed by atoms with Gasteiger partial charge in [0.15, 0.2) is 0 Å². The highest BCUT2D eigenvalue weighted by atomic mass is 16.2. The number of aromatic nitrogens is 1. The molecule has 1 aromatic heterocycles. The SMILES string of the molecule is CCC1NC(=O)C(C(C)C)N(c2cnccc2C)C1=O. The Bertz CT molecular complexity index is 528. The third kappa shape index (κ3) is 2.40. The van der Waals surface area contributed by atoms with Crippen LogP contribution in [0.25, 0.3) is 0 Å². The first-order valence-corrected chi connectivity index (χ1v) is 7.01. The van der Waals surface area contributed by atoms with E-state index in [9.17, 15) is 9.59 Å². The lowest BCUT2D eigenvalue weighted by Gasteiger charge is -2.41. The molecule has 1 aliphatic rings. The summed E-state index contributed by atoms with van der Waals surface area (Å²) >= 11 is 0. The Labute approximate surface area is 119 Å². The van der Waals surface area contributed by atoms with Gasteiger partial charge in [-0.3, -0.25) is 19.5 Å². The zero-order valence-electron chi connectivity index (χ0n) is 12.4. The number of carbonyl (C=O) groups is 2. The van der Waals surface area contributed by atoms with E-state index in [1.54, 1.807) is 17.3 Å². The lowest BCUT2D eigenvalue weighted by atomic mass is 9.95. The molecule has 2 heterocycles. The molecule has 1 N–H and O–H groups in total. The minimum absolute atomic E-state index is 0.0383. The topological polar surface area (TPSA) is 62.3 Å². The number of hydrogen-bond acceptors (Lipinski definition) is 3. The maximum atomic E-state index is 12.7. The molecular weight excluding hydrogens is 254 g/mol. The highest BCUT2D eigenvalue weighted by molar-refractivity contribution is 6.08. The van der Waals surface area contributed by atoms with Crippen LogP contribution in [0.3, 0.4) is 0 Å². The fraction of sp³-hybridized carbons (Fsp3) is 0.533. The van der Waals surface area contributed by atoms with Crippen molar-refractivity contribution in [1.29, 1.82) is 0 Å². The van der Waals surface area contributed by atoms with Crippen LogP contribution < -0.4 is 10.2 Å². The number of nitrogens with one attached hydrogen (secondary N) is 1. The molecule has 108 valence electrons. The van der Waals surface area contributed by atoms with E-state index in [0.29, 0.717) is 6.42 Å². The minimum Gasteiger partial charge on any atom is -0.342 e. The Kier molecular flexibility index (Phi) is 4.06. The molecule has 0 saturated carbocycles. The summed E-state index contributed by atoms with van der Waals surface area (Å²) in [5.74, 6) is -0.104. The van der Waals surface area contributed by atoms with E-state index >= 15 is 0 Å². The summed E-state index contributed by atoms with van der Waals surface area (Å²) in [5, 5.41) is 2.82. The average Bonchev–Trinajstić information content (AvgIpc) is 2.41. The van der Waals surface area contributed by atoms with E-state index in [-0.39, 0.29) is 17.7 Å². The quantitative estimate of drug-likeness (QED) is 0.912. The summed E-state index contributed by atoms with van der Waals surface area (Å²) in [6.07, 6.45) is 3.94. The van der Waals surface area contributed by atoms with Crippen LogP contribution in [0.5, 0.6) is 0 Å². The van der Waals surface area contributed by atoms with Crippen molar-refractivity contribution < 1.29 is 9.59 Å². The number of pyridine rings is 1. The fourth-order valence-corrected chi connectivity index (χ4v) is 2.60. The molecule has 1 aromatic rings. The molecule has 1 fully saturated rings. The molecule has 1 saturated heterocycles. The Balaban J connectivity index is 2.50. The van der Waals surface area contributed by atoms with Crippen LogP contribution in [0.2, 0.25) is 0 Å². The molecule has 5 heteroatoms. The number of rotatable bonds is 3. The van der Waals surface area contributed by atoms with E-state index in [4.69, 9.17) is 0 Å². The van der Waals surface area contributed by atoms with Gasteiger partial charge in [0.2, 0.25) is 11.8 Å². The predicted octanol–water partition coefficient (Wildman–Crippen LogP) is 1.66. The summed E-state index contributed by atoms with van der Waals surface area (Å²) in [6.45, 7) is 7.72. The van der Waals surface area contributed by atoms with Gasteiger partial charge in [-0.15, -0.1) is 0 Å². The van der Waals surface area contributed by atoms with Gasteiger partial charge in [-0.25, -0.2) is 0 Å². The van der Waals surface area contributed by atoms with Gasteiger partial charge in [-0.05, 0) is 30.9 Å². The highest BCUT2D eigenvalue weighted by Gasteiger charge is 2.42. The van der Waals surface area contributed by atoms with Crippen LogP contribution in [-0.2, 0) is 9.59 Å². The molecule has 20 heavy (non-hydrogen) atoms. The maximum Gasteiger partial charge on any atom is 0.250 e. The van der Waals surface area contributed by atoms with E-state index < -0.39 is 12.1 Å². The molecule has 1 aliphatic heterocycles. The number of nitrogens with zero attached hydrogens (tertiary/aromatic N) is 2. The average molecular weight is 275 g/mol. The summed E-state index contributed by atoms with van der Waals surface area (Å²) in [6, 6.07) is 0.929. The second-order valence-corrected chi connectivity index (χ2v) is 5.53. The molecule has 0 radical (unpaired) electrons. The highest BCUT2D eigenvalue weighted by Crippen LogP contribution is 2.27. The number of anilines is 1. The van der Waals surface area contributed by atoms with Crippen LogP contribution >= 0.6 is 0 Å². The molecule has 0 spiro atoms. The summed E-state index contributed by atoms with van der Waals surface area (Å²) in [7, 11) is 0. The molecule has 5 nitrogen and oxygen atoms in total. The van der Waals surface area contributed by atoms with Gasteiger partial charge in [0, 0.05) is 6.20 Å². The first-order valence-electron chi connectivity index (χ1n) is 7.01. The van der Waals surface area contributed by atoms with Crippen molar-refractivity contribution in [1.82, 2.24) is 10.3 Å². The fourth-order valence-electron chi connectivity index (χ4n) is 2.60. The van der Waals surface area contributed by atoms with Gasteiger partial charge in [-0.1, -0.05) is 20.8 Å². The third-order valence-electron chi connectivity index (χ3n) is 3.71. The zero-order valence-corrected chi connectivity index (χ0v) is 12.4. The predicted molar refractivity (Wildman–Crippen MR) is 77.3 cm³/mol. The van der Waals surface area contributed by atoms with Gasteiger partial charge < -0.3 is 5.32 Å². The number of aryl methyl sites for hydroxylation is 1. The van der Waals surface area contributed by atoms with Gasteiger partial charge in [0.05, 0.1) is 11.9 Å². The van der Waals surface area contributed by atoms with Crippen molar-refractivity contribution in [3.8, 4) is 0 Å². The van der Waals surface area contributed by atoms with Crippen LogP contribution in [0.1, 0.15) is 32.8 Å². The molecule has 0 aliphatic carbocycles. The Morgan fingerprint density at radius 2 is 2.10 bits per heavy atom. The van der Waals surface area contributed by atoms with Gasteiger partial charge in [-0.2, -0.15) is 0 Å². The van der Waals surface area contributed by atoms with Crippen molar-refractivity contribution in [2.45, 2.75) is 46.2 Å². The first-order chi connectivity index (χ1) is 9.47. The van der Waals surface area contributed by atoms with Gasteiger partial charge in [0.1, 0.15) is 12.1 Å². The summed E-state index contributed by atoms with van der Waals surface area (Å²) in [4.78, 5) is 30.7. The second kappa shape index (κ2) is 5.61. The second-order valence-electron chi connectivity index (χ2n) is 5.53. The van der Waals surface area contributed by atoms with Crippen molar-refractivity contribution in [3.63, 3.8) is 0 Å². The number of piperazine rings is 1. The molecule has 2 rings (SSSR count).